The number of rotatable bonds is 2. The molecule has 0 unspecified atom stereocenters. The summed E-state index contributed by atoms with van der Waals surface area (Å²) in [5.41, 5.74) is 2.64. The summed E-state index contributed by atoms with van der Waals surface area (Å²) in [4.78, 5) is 15.2. The minimum Gasteiger partial charge on any atom is -0.295 e. The molecular weight excluding hydrogens is 186 g/mol. The maximum absolute atomic E-state index is 11.2. The second-order valence-corrected chi connectivity index (χ2v) is 3.31. The molecule has 0 aliphatic rings. The summed E-state index contributed by atoms with van der Waals surface area (Å²) in [5, 5.41) is 0. The van der Waals surface area contributed by atoms with E-state index in [4.69, 9.17) is 0 Å². The van der Waals surface area contributed by atoms with E-state index in [0.29, 0.717) is 5.56 Å². The Kier molecular flexibility index (Phi) is 2.59. The van der Waals surface area contributed by atoms with Crippen molar-refractivity contribution < 1.29 is 4.79 Å². The highest BCUT2D eigenvalue weighted by molar-refractivity contribution is 5.95. The van der Waals surface area contributed by atoms with E-state index in [2.05, 4.69) is 11.1 Å². The maximum atomic E-state index is 11.2. The van der Waals surface area contributed by atoms with E-state index < -0.39 is 0 Å². The fourth-order valence-electron chi connectivity index (χ4n) is 1.38. The number of carbonyl (C=O) groups is 1. The molecule has 0 amide bonds. The predicted octanol–water partition coefficient (Wildman–Crippen LogP) is 2.75. The zero-order chi connectivity index (χ0) is 10.7. The minimum absolute atomic E-state index is 0.0528. The summed E-state index contributed by atoms with van der Waals surface area (Å²) in [6.45, 7) is 1.55. The third kappa shape index (κ3) is 2.10. The van der Waals surface area contributed by atoms with E-state index in [1.165, 1.54) is 0 Å². The van der Waals surface area contributed by atoms with Crippen molar-refractivity contribution in [1.82, 2.24) is 4.98 Å². The number of nitrogens with zero attached hydrogens (tertiary/aromatic N) is 1. The standard InChI is InChI=1S/C13H10NO/c1-10(15)11-4-2-5-12(8-11)13-6-3-7-14-9-13/h3-9H,1H3. The first-order chi connectivity index (χ1) is 7.27. The fraction of sp³-hybridized carbons (Fsp3) is 0.0769. The number of Topliss-reactive ketones (excluding diaryl/α,β-unsaturated/α-hetero) is 1. The largest absolute Gasteiger partial charge is 0.295 e. The van der Waals surface area contributed by atoms with Crippen molar-refractivity contribution in [2.45, 2.75) is 6.92 Å². The first-order valence-corrected chi connectivity index (χ1v) is 4.70. The molecule has 73 valence electrons. The molecule has 1 heterocycles. The number of pyridine rings is 1. The van der Waals surface area contributed by atoms with E-state index in [-0.39, 0.29) is 5.78 Å². The predicted molar refractivity (Wildman–Crippen MR) is 58.5 cm³/mol. The van der Waals surface area contributed by atoms with Crippen LogP contribution in [0.1, 0.15) is 17.3 Å². The molecular formula is C13H10NO. The van der Waals surface area contributed by atoms with E-state index >= 15 is 0 Å². The van der Waals surface area contributed by atoms with Crippen molar-refractivity contribution in [2.75, 3.05) is 0 Å². The quantitative estimate of drug-likeness (QED) is 0.691. The summed E-state index contributed by atoms with van der Waals surface area (Å²) in [6, 6.07) is 12.2. The Hall–Kier alpha value is -1.96. The van der Waals surface area contributed by atoms with Crippen LogP contribution in [0.3, 0.4) is 0 Å². The molecule has 0 N–H and O–H groups in total. The number of benzene rings is 1. The Morgan fingerprint density at radius 2 is 2.20 bits per heavy atom. The van der Waals surface area contributed by atoms with Gasteiger partial charge in [0.15, 0.2) is 5.78 Å². The molecule has 0 bridgehead atoms. The highest BCUT2D eigenvalue weighted by Gasteiger charge is 2.02. The van der Waals surface area contributed by atoms with Crippen molar-refractivity contribution in [2.24, 2.45) is 0 Å². The van der Waals surface area contributed by atoms with Gasteiger partial charge in [-0.15, -0.1) is 0 Å². The number of ketones is 1. The molecule has 0 fully saturated rings. The zero-order valence-electron chi connectivity index (χ0n) is 8.40. The lowest BCUT2D eigenvalue weighted by Crippen LogP contribution is -1.91. The first-order valence-electron chi connectivity index (χ1n) is 4.70. The molecule has 0 saturated heterocycles. The van der Waals surface area contributed by atoms with Crippen LogP contribution in [-0.2, 0) is 0 Å². The Balaban J connectivity index is 2.46. The van der Waals surface area contributed by atoms with Gasteiger partial charge in [-0.05, 0) is 42.8 Å². The van der Waals surface area contributed by atoms with Gasteiger partial charge in [-0.3, -0.25) is 9.78 Å². The van der Waals surface area contributed by atoms with Gasteiger partial charge in [0.05, 0.1) is 0 Å². The lowest BCUT2D eigenvalue weighted by Gasteiger charge is -2.01. The van der Waals surface area contributed by atoms with E-state index in [0.717, 1.165) is 11.1 Å². The normalized spacial score (nSPS) is 9.93. The van der Waals surface area contributed by atoms with Crippen LogP contribution in [0.5, 0.6) is 0 Å². The second kappa shape index (κ2) is 4.05. The molecule has 2 aromatic rings. The van der Waals surface area contributed by atoms with E-state index in [9.17, 15) is 4.79 Å². The highest BCUT2D eigenvalue weighted by atomic mass is 16.1. The van der Waals surface area contributed by atoms with Gasteiger partial charge in [-0.1, -0.05) is 6.07 Å². The lowest BCUT2D eigenvalue weighted by atomic mass is 10.0. The Morgan fingerprint density at radius 3 is 2.87 bits per heavy atom. The SMILES string of the molecule is CC(=O)c1c[c]cc(-c2cccnc2)c1. The molecule has 2 heteroatoms. The Morgan fingerprint density at radius 1 is 1.33 bits per heavy atom. The topological polar surface area (TPSA) is 30.0 Å². The van der Waals surface area contributed by atoms with Gasteiger partial charge in [-0.25, -0.2) is 0 Å². The van der Waals surface area contributed by atoms with Crippen LogP contribution in [0.15, 0.2) is 42.7 Å². The third-order valence-electron chi connectivity index (χ3n) is 2.19. The first kappa shape index (κ1) is 9.59. The number of carbonyl (C=O) groups excluding carboxylic acids is 1. The second-order valence-electron chi connectivity index (χ2n) is 3.31. The summed E-state index contributed by atoms with van der Waals surface area (Å²) in [7, 11) is 0. The highest BCUT2D eigenvalue weighted by Crippen LogP contribution is 2.18. The minimum atomic E-state index is 0.0528. The number of hydrogen-bond donors (Lipinski definition) is 0. The van der Waals surface area contributed by atoms with Crippen LogP contribution in [0.4, 0.5) is 0 Å². The summed E-state index contributed by atoms with van der Waals surface area (Å²) in [5.74, 6) is 0.0528. The van der Waals surface area contributed by atoms with Gasteiger partial charge in [0.25, 0.3) is 0 Å². The van der Waals surface area contributed by atoms with Crippen LogP contribution in [0.2, 0.25) is 0 Å². The van der Waals surface area contributed by atoms with E-state index in [1.807, 2.05) is 24.3 Å². The third-order valence-corrected chi connectivity index (χ3v) is 2.19. The number of hydrogen-bond acceptors (Lipinski definition) is 2. The molecule has 15 heavy (non-hydrogen) atoms. The zero-order valence-corrected chi connectivity index (χ0v) is 8.40. The summed E-state index contributed by atoms with van der Waals surface area (Å²) < 4.78 is 0. The van der Waals surface area contributed by atoms with Gasteiger partial charge in [0.1, 0.15) is 0 Å². The average molecular weight is 196 g/mol. The number of aromatic nitrogens is 1. The molecule has 0 aliphatic carbocycles. The summed E-state index contributed by atoms with van der Waals surface area (Å²) >= 11 is 0. The molecule has 2 rings (SSSR count). The molecule has 2 nitrogen and oxygen atoms in total. The van der Waals surface area contributed by atoms with Crippen LogP contribution in [0, 0.1) is 6.07 Å². The molecule has 1 aromatic heterocycles. The Labute approximate surface area is 88.6 Å². The van der Waals surface area contributed by atoms with Crippen LogP contribution < -0.4 is 0 Å². The van der Waals surface area contributed by atoms with Gasteiger partial charge in [0, 0.05) is 23.5 Å². The molecule has 0 spiro atoms. The lowest BCUT2D eigenvalue weighted by molar-refractivity contribution is 0.101. The maximum Gasteiger partial charge on any atom is 0.159 e. The molecule has 1 aromatic carbocycles. The average Bonchev–Trinajstić information content (AvgIpc) is 2.30. The van der Waals surface area contributed by atoms with Crippen LogP contribution >= 0.6 is 0 Å². The Bertz CT molecular complexity index is 477. The van der Waals surface area contributed by atoms with E-state index in [1.54, 1.807) is 25.4 Å². The molecule has 0 atom stereocenters. The molecule has 1 radical (unpaired) electrons. The summed E-state index contributed by atoms with van der Waals surface area (Å²) in [6.07, 6.45) is 3.50. The monoisotopic (exact) mass is 196 g/mol. The van der Waals surface area contributed by atoms with Crippen molar-refractivity contribution in [3.05, 3.63) is 54.4 Å². The van der Waals surface area contributed by atoms with Gasteiger partial charge >= 0.3 is 0 Å². The van der Waals surface area contributed by atoms with Gasteiger partial charge in [0.2, 0.25) is 0 Å². The van der Waals surface area contributed by atoms with Gasteiger partial charge in [-0.2, -0.15) is 0 Å². The fourth-order valence-corrected chi connectivity index (χ4v) is 1.38. The van der Waals surface area contributed by atoms with Crippen molar-refractivity contribution in [1.29, 1.82) is 0 Å². The van der Waals surface area contributed by atoms with Crippen molar-refractivity contribution in [3.63, 3.8) is 0 Å². The molecule has 0 aliphatic heterocycles. The van der Waals surface area contributed by atoms with Gasteiger partial charge < -0.3 is 0 Å². The van der Waals surface area contributed by atoms with Crippen LogP contribution in [0.25, 0.3) is 11.1 Å². The van der Waals surface area contributed by atoms with Crippen molar-refractivity contribution in [3.8, 4) is 11.1 Å². The van der Waals surface area contributed by atoms with Crippen molar-refractivity contribution >= 4 is 5.78 Å². The molecule has 0 saturated carbocycles. The smallest absolute Gasteiger partial charge is 0.159 e. The van der Waals surface area contributed by atoms with Crippen LogP contribution in [-0.4, -0.2) is 10.8 Å².